The molecule has 2 fully saturated rings. The van der Waals surface area contributed by atoms with Gasteiger partial charge in [0, 0.05) is 54.4 Å². The fourth-order valence-corrected chi connectivity index (χ4v) is 6.10. The van der Waals surface area contributed by atoms with Crippen LogP contribution in [0.1, 0.15) is 22.5 Å². The zero-order chi connectivity index (χ0) is 19.8. The largest absolute Gasteiger partial charge is 0.342 e. The highest BCUT2D eigenvalue weighted by atomic mass is 35.5. The lowest BCUT2D eigenvalue weighted by atomic mass is 10.2. The molecule has 2 aliphatic rings. The van der Waals surface area contributed by atoms with Gasteiger partial charge >= 0.3 is 0 Å². The molecule has 2 amide bonds. The van der Waals surface area contributed by atoms with Crippen molar-refractivity contribution < 1.29 is 9.59 Å². The Balaban J connectivity index is 1.41. The Kier molecular flexibility index (Phi) is 6.04. The van der Waals surface area contributed by atoms with Crippen LogP contribution in [0.5, 0.6) is 0 Å². The van der Waals surface area contributed by atoms with Crippen molar-refractivity contribution in [2.24, 2.45) is 0 Å². The van der Waals surface area contributed by atoms with Gasteiger partial charge in [0.25, 0.3) is 5.91 Å². The highest BCUT2D eigenvalue weighted by molar-refractivity contribution is 7.21. The molecule has 0 atom stereocenters. The van der Waals surface area contributed by atoms with Crippen LogP contribution in [-0.2, 0) is 4.79 Å². The first-order valence-electron chi connectivity index (χ1n) is 9.30. The SMILES string of the molecule is O=C(CN1CCN(C(=O)c2sc3cc(Cl)cc(Cl)c3c2Cl)CC1)N1CCCC1. The van der Waals surface area contributed by atoms with Gasteiger partial charge < -0.3 is 9.80 Å². The van der Waals surface area contributed by atoms with E-state index in [0.29, 0.717) is 58.1 Å². The van der Waals surface area contributed by atoms with Gasteiger partial charge in [0.15, 0.2) is 0 Å². The molecule has 0 bridgehead atoms. The highest BCUT2D eigenvalue weighted by Gasteiger charge is 2.28. The molecule has 5 nitrogen and oxygen atoms in total. The first-order chi connectivity index (χ1) is 13.4. The number of hydrogen-bond donors (Lipinski definition) is 0. The maximum Gasteiger partial charge on any atom is 0.265 e. The normalized spacial score (nSPS) is 18.2. The van der Waals surface area contributed by atoms with Crippen LogP contribution in [0.2, 0.25) is 15.1 Å². The summed E-state index contributed by atoms with van der Waals surface area (Å²) in [4.78, 5) is 31.7. The standard InChI is InChI=1S/C19H20Cl3N3O2S/c20-12-9-13(21)16-14(10-12)28-18(17(16)22)19(27)25-7-5-23(6-8-25)11-15(26)24-3-1-2-4-24/h9-10H,1-8,11H2. The van der Waals surface area contributed by atoms with E-state index in [9.17, 15) is 9.59 Å². The molecule has 1 aromatic carbocycles. The summed E-state index contributed by atoms with van der Waals surface area (Å²) in [7, 11) is 0. The number of nitrogens with zero attached hydrogens (tertiary/aromatic N) is 3. The molecule has 2 aliphatic heterocycles. The van der Waals surface area contributed by atoms with Crippen molar-refractivity contribution in [3.8, 4) is 0 Å². The third-order valence-corrected chi connectivity index (χ3v) is 7.45. The molecular weight excluding hydrogens is 441 g/mol. The number of rotatable bonds is 3. The van der Waals surface area contributed by atoms with Gasteiger partial charge in [0.1, 0.15) is 4.88 Å². The first kappa shape index (κ1) is 20.2. The van der Waals surface area contributed by atoms with Crippen LogP contribution in [0.4, 0.5) is 0 Å². The Morgan fingerprint density at radius 3 is 2.29 bits per heavy atom. The molecule has 2 saturated heterocycles. The van der Waals surface area contributed by atoms with Gasteiger partial charge in [0.05, 0.1) is 16.6 Å². The van der Waals surface area contributed by atoms with Crippen LogP contribution in [0.25, 0.3) is 10.1 Å². The summed E-state index contributed by atoms with van der Waals surface area (Å²) in [6.45, 7) is 4.68. The Hall–Kier alpha value is -1.05. The predicted molar refractivity (Wildman–Crippen MR) is 115 cm³/mol. The van der Waals surface area contributed by atoms with E-state index in [0.717, 1.165) is 30.6 Å². The van der Waals surface area contributed by atoms with Gasteiger partial charge in [-0.05, 0) is 25.0 Å². The average molecular weight is 461 g/mol. The lowest BCUT2D eigenvalue weighted by molar-refractivity contribution is -0.131. The average Bonchev–Trinajstić information content (AvgIpc) is 3.30. The molecule has 9 heteroatoms. The number of halogens is 3. The van der Waals surface area contributed by atoms with Gasteiger partial charge in [0.2, 0.25) is 5.91 Å². The van der Waals surface area contributed by atoms with E-state index in [1.165, 1.54) is 11.3 Å². The van der Waals surface area contributed by atoms with Gasteiger partial charge in [-0.2, -0.15) is 0 Å². The Morgan fingerprint density at radius 1 is 0.929 bits per heavy atom. The fourth-order valence-electron chi connectivity index (χ4n) is 3.76. The number of hydrogen-bond acceptors (Lipinski definition) is 4. The molecule has 0 spiro atoms. The summed E-state index contributed by atoms with van der Waals surface area (Å²) < 4.78 is 0.806. The highest BCUT2D eigenvalue weighted by Crippen LogP contribution is 2.41. The van der Waals surface area contributed by atoms with Gasteiger partial charge in [-0.15, -0.1) is 11.3 Å². The molecule has 3 heterocycles. The molecule has 1 aromatic heterocycles. The van der Waals surface area contributed by atoms with Crippen molar-refractivity contribution in [2.75, 3.05) is 45.8 Å². The summed E-state index contributed by atoms with van der Waals surface area (Å²) in [5, 5.41) is 2.04. The topological polar surface area (TPSA) is 43.9 Å². The molecule has 0 N–H and O–H groups in total. The molecule has 150 valence electrons. The second-order valence-electron chi connectivity index (χ2n) is 7.16. The van der Waals surface area contributed by atoms with Gasteiger partial charge in [-0.1, -0.05) is 34.8 Å². The number of piperazine rings is 1. The number of thiophene rings is 1. The van der Waals surface area contributed by atoms with E-state index < -0.39 is 0 Å². The van der Waals surface area contributed by atoms with Crippen molar-refractivity contribution >= 4 is 68.0 Å². The summed E-state index contributed by atoms with van der Waals surface area (Å²) >= 11 is 20.1. The number of carbonyl (C=O) groups is 2. The fraction of sp³-hybridized carbons (Fsp3) is 0.474. The van der Waals surface area contributed by atoms with Crippen molar-refractivity contribution in [2.45, 2.75) is 12.8 Å². The van der Waals surface area contributed by atoms with Crippen molar-refractivity contribution in [3.05, 3.63) is 32.1 Å². The van der Waals surface area contributed by atoms with Crippen molar-refractivity contribution in [3.63, 3.8) is 0 Å². The molecule has 0 saturated carbocycles. The Labute approximate surface area is 182 Å². The van der Waals surface area contributed by atoms with Crippen LogP contribution in [-0.4, -0.2) is 72.3 Å². The number of amides is 2. The lowest BCUT2D eigenvalue weighted by Crippen LogP contribution is -2.51. The number of benzene rings is 1. The van der Waals surface area contributed by atoms with E-state index in [1.807, 2.05) is 4.90 Å². The summed E-state index contributed by atoms with van der Waals surface area (Å²) in [5.41, 5.74) is 0. The maximum atomic E-state index is 13.0. The zero-order valence-corrected chi connectivity index (χ0v) is 18.3. The molecule has 0 aliphatic carbocycles. The second-order valence-corrected chi connectivity index (χ2v) is 9.44. The Bertz CT molecular complexity index is 919. The number of likely N-dealkylation sites (tertiary alicyclic amines) is 1. The molecule has 2 aromatic rings. The lowest BCUT2D eigenvalue weighted by Gasteiger charge is -2.34. The molecule has 28 heavy (non-hydrogen) atoms. The summed E-state index contributed by atoms with van der Waals surface area (Å²) in [6.07, 6.45) is 2.19. The predicted octanol–water partition coefficient (Wildman–Crippen LogP) is 4.24. The van der Waals surface area contributed by atoms with Crippen LogP contribution >= 0.6 is 46.1 Å². The van der Waals surface area contributed by atoms with E-state index >= 15 is 0 Å². The van der Waals surface area contributed by atoms with E-state index in [1.54, 1.807) is 17.0 Å². The number of carbonyl (C=O) groups excluding carboxylic acids is 2. The smallest absolute Gasteiger partial charge is 0.265 e. The van der Waals surface area contributed by atoms with Crippen LogP contribution in [0, 0.1) is 0 Å². The van der Waals surface area contributed by atoms with E-state index in [-0.39, 0.29) is 11.8 Å². The van der Waals surface area contributed by atoms with E-state index in [4.69, 9.17) is 34.8 Å². The summed E-state index contributed by atoms with van der Waals surface area (Å²) in [6, 6.07) is 3.41. The van der Waals surface area contributed by atoms with Crippen LogP contribution in [0.15, 0.2) is 12.1 Å². The third-order valence-electron chi connectivity index (χ3n) is 5.32. The van der Waals surface area contributed by atoms with Crippen molar-refractivity contribution in [1.29, 1.82) is 0 Å². The quantitative estimate of drug-likeness (QED) is 0.688. The molecule has 4 rings (SSSR count). The number of fused-ring (bicyclic) bond motifs is 1. The second kappa shape index (κ2) is 8.36. The zero-order valence-electron chi connectivity index (χ0n) is 15.2. The van der Waals surface area contributed by atoms with E-state index in [2.05, 4.69) is 4.90 Å². The minimum Gasteiger partial charge on any atom is -0.342 e. The van der Waals surface area contributed by atoms with Gasteiger partial charge in [-0.25, -0.2) is 0 Å². The van der Waals surface area contributed by atoms with Crippen LogP contribution < -0.4 is 0 Å². The maximum absolute atomic E-state index is 13.0. The Morgan fingerprint density at radius 2 is 1.61 bits per heavy atom. The minimum absolute atomic E-state index is 0.0936. The third kappa shape index (κ3) is 3.98. The molecule has 0 unspecified atom stereocenters. The van der Waals surface area contributed by atoms with Crippen LogP contribution in [0.3, 0.4) is 0 Å². The minimum atomic E-state index is -0.0936. The summed E-state index contributed by atoms with van der Waals surface area (Å²) in [5.74, 6) is 0.0975. The van der Waals surface area contributed by atoms with Crippen molar-refractivity contribution in [1.82, 2.24) is 14.7 Å². The molecular formula is C19H20Cl3N3O2S. The van der Waals surface area contributed by atoms with Gasteiger partial charge in [-0.3, -0.25) is 14.5 Å². The molecule has 0 radical (unpaired) electrons. The monoisotopic (exact) mass is 459 g/mol. The first-order valence-corrected chi connectivity index (χ1v) is 11.3.